The van der Waals surface area contributed by atoms with E-state index in [-0.39, 0.29) is 5.66 Å². The summed E-state index contributed by atoms with van der Waals surface area (Å²) in [6, 6.07) is 0. The van der Waals surface area contributed by atoms with Crippen LogP contribution >= 0.6 is 0 Å². The van der Waals surface area contributed by atoms with Crippen molar-refractivity contribution >= 4 is 17.9 Å². The lowest BCUT2D eigenvalue weighted by Gasteiger charge is -2.44. The van der Waals surface area contributed by atoms with Crippen LogP contribution in [0.25, 0.3) is 0 Å². The minimum atomic E-state index is -0.667. The third-order valence-corrected chi connectivity index (χ3v) is 6.04. The number of aliphatic imine (C=N–C) groups is 1. The van der Waals surface area contributed by atoms with Gasteiger partial charge in [0.1, 0.15) is 12.2 Å². The summed E-state index contributed by atoms with van der Waals surface area (Å²) in [6.07, 6.45) is 12.2. The zero-order valence-electron chi connectivity index (χ0n) is 15.5. The molecule has 6 nitrogen and oxygen atoms in total. The largest absolute Gasteiger partial charge is 0.509 e. The second-order valence-electron chi connectivity index (χ2n) is 7.83. The molecule has 4 rings (SSSR count). The van der Waals surface area contributed by atoms with Gasteiger partial charge in [-0.2, -0.15) is 4.48 Å². The third kappa shape index (κ3) is 2.73. The molecule has 0 aromatic carbocycles. The normalized spacial score (nSPS) is 34.7. The molecule has 3 aliphatic heterocycles. The van der Waals surface area contributed by atoms with Gasteiger partial charge >= 0.3 is 11.7 Å². The number of rotatable bonds is 3. The highest BCUT2D eigenvalue weighted by Gasteiger charge is 2.56. The highest BCUT2D eigenvalue weighted by Crippen LogP contribution is 2.32. The molecule has 1 fully saturated rings. The first-order valence-corrected chi connectivity index (χ1v) is 9.29. The van der Waals surface area contributed by atoms with Crippen molar-refractivity contribution in [3.63, 3.8) is 0 Å². The predicted molar refractivity (Wildman–Crippen MR) is 105 cm³/mol. The first-order valence-electron chi connectivity index (χ1n) is 9.29. The summed E-state index contributed by atoms with van der Waals surface area (Å²) in [5.74, 6) is 3.97. The minimum Gasteiger partial charge on any atom is -0.398 e. The van der Waals surface area contributed by atoms with E-state index in [1.165, 1.54) is 0 Å². The summed E-state index contributed by atoms with van der Waals surface area (Å²) >= 11 is 0. The average Bonchev–Trinajstić information content (AvgIpc) is 3.00. The molecule has 3 N–H and O–H groups in total. The van der Waals surface area contributed by atoms with Gasteiger partial charge in [0.25, 0.3) is 5.70 Å². The molecule has 1 saturated heterocycles. The number of aliphatic hydroxyl groups excluding tert-OH is 1. The van der Waals surface area contributed by atoms with Crippen LogP contribution < -0.4 is 10.4 Å². The van der Waals surface area contributed by atoms with E-state index < -0.39 is 6.10 Å². The van der Waals surface area contributed by atoms with Gasteiger partial charge in [-0.05, 0) is 25.3 Å². The first-order chi connectivity index (χ1) is 12.4. The lowest BCUT2D eigenvalue weighted by atomic mass is 9.98. The van der Waals surface area contributed by atoms with Gasteiger partial charge in [0.15, 0.2) is 0 Å². The second kappa shape index (κ2) is 6.20. The van der Waals surface area contributed by atoms with Crippen LogP contribution in [0, 0.1) is 0 Å². The molecule has 136 valence electrons. The van der Waals surface area contributed by atoms with Gasteiger partial charge < -0.3 is 10.8 Å². The quantitative estimate of drug-likeness (QED) is 0.571. The number of dihydropyridines is 1. The van der Waals surface area contributed by atoms with Crippen LogP contribution in [0.3, 0.4) is 0 Å². The topological polar surface area (TPSA) is 76.0 Å². The molecule has 3 heterocycles. The zero-order valence-corrected chi connectivity index (χ0v) is 15.5. The average molecular weight is 353 g/mol. The molecule has 0 saturated carbocycles. The number of quaternary nitrogens is 1. The summed E-state index contributed by atoms with van der Waals surface area (Å²) in [5.41, 5.74) is 8.32. The van der Waals surface area contributed by atoms with E-state index in [2.05, 4.69) is 46.6 Å². The molecule has 0 radical (unpaired) electrons. The fourth-order valence-corrected chi connectivity index (χ4v) is 4.07. The maximum Gasteiger partial charge on any atom is 0.509 e. The van der Waals surface area contributed by atoms with Gasteiger partial charge in [0.2, 0.25) is 6.10 Å². The molecule has 0 amide bonds. The fraction of sp³-hybridized carbons (Fsp3) is 0.500. The van der Waals surface area contributed by atoms with Crippen molar-refractivity contribution in [2.45, 2.75) is 38.0 Å². The van der Waals surface area contributed by atoms with Crippen LogP contribution in [0.1, 0.15) is 26.2 Å². The maximum atomic E-state index is 10.9. The predicted octanol–water partition coefficient (Wildman–Crippen LogP) is 0.452. The molecule has 3 atom stereocenters. The van der Waals surface area contributed by atoms with Crippen molar-refractivity contribution in [2.75, 3.05) is 26.7 Å². The Morgan fingerprint density at radius 3 is 2.96 bits per heavy atom. The van der Waals surface area contributed by atoms with Crippen LogP contribution in [-0.4, -0.2) is 70.9 Å². The van der Waals surface area contributed by atoms with Crippen LogP contribution in [0.5, 0.6) is 0 Å². The number of hydrogen-bond acceptors (Lipinski definition) is 4. The van der Waals surface area contributed by atoms with Crippen LogP contribution in [0.15, 0.2) is 46.3 Å². The van der Waals surface area contributed by atoms with E-state index in [9.17, 15) is 5.11 Å². The van der Waals surface area contributed by atoms with Crippen molar-refractivity contribution in [1.29, 1.82) is 0 Å². The summed E-state index contributed by atoms with van der Waals surface area (Å²) in [6.45, 7) is 4.61. The highest BCUT2D eigenvalue weighted by molar-refractivity contribution is 5.89. The van der Waals surface area contributed by atoms with Gasteiger partial charge in [-0.3, -0.25) is 9.89 Å². The van der Waals surface area contributed by atoms with Crippen LogP contribution in [-0.2, 0) is 0 Å². The van der Waals surface area contributed by atoms with Crippen LogP contribution in [0.4, 0.5) is 0 Å². The summed E-state index contributed by atoms with van der Waals surface area (Å²) in [4.78, 5) is 7.05. The summed E-state index contributed by atoms with van der Waals surface area (Å²) in [7, 11) is 2.13. The number of likely N-dealkylation sites (N-methyl/N-ethyl adjacent to an activating group) is 1. The molecule has 26 heavy (non-hydrogen) atoms. The third-order valence-electron chi connectivity index (χ3n) is 6.04. The Morgan fingerprint density at radius 2 is 2.27 bits per heavy atom. The second-order valence-corrected chi connectivity index (χ2v) is 7.83. The van der Waals surface area contributed by atoms with Gasteiger partial charge in [-0.25, -0.2) is 0 Å². The van der Waals surface area contributed by atoms with Crippen molar-refractivity contribution in [2.24, 2.45) is 10.7 Å². The number of aliphatic hydroxyl groups is 1. The Bertz CT molecular complexity index is 853. The summed E-state index contributed by atoms with van der Waals surface area (Å²) in [5, 5.41) is 10.9. The monoisotopic (exact) mass is 353 g/mol. The SMILES string of the molecule is CC1(N2CC[N+]3(C)C(=C=[N+]=C3C(O)C3=CCCC=C3)C2)CC=C(N)C=N1. The smallest absolute Gasteiger partial charge is 0.398 e. The van der Waals surface area contributed by atoms with Gasteiger partial charge in [0.05, 0.1) is 20.1 Å². The molecule has 6 heteroatoms. The van der Waals surface area contributed by atoms with Crippen LogP contribution in [0.2, 0.25) is 0 Å². The standard InChI is InChI=1S/C20H27N5O/c1-20(9-8-16(21)12-23-20)24-10-11-25(2)17(14-24)13-22-19(25)18(26)15-6-4-3-5-7-15/h4,6-8,12,18,26H,3,5,9-11,14,21H2,1-2H3/q+2. The highest BCUT2D eigenvalue weighted by atomic mass is 16.3. The van der Waals surface area contributed by atoms with E-state index in [1.54, 1.807) is 6.21 Å². The Hall–Kier alpha value is -2.20. The number of amidine groups is 1. The molecule has 3 unspecified atom stereocenters. The number of hydrogen-bond donors (Lipinski definition) is 2. The molecule has 0 spiro atoms. The fourth-order valence-electron chi connectivity index (χ4n) is 4.07. The van der Waals surface area contributed by atoms with E-state index in [4.69, 9.17) is 5.73 Å². The van der Waals surface area contributed by atoms with Gasteiger partial charge in [0, 0.05) is 23.0 Å². The van der Waals surface area contributed by atoms with E-state index >= 15 is 0 Å². The minimum absolute atomic E-state index is 0.279. The molecule has 0 aromatic heterocycles. The van der Waals surface area contributed by atoms with Crippen molar-refractivity contribution < 1.29 is 9.59 Å². The first kappa shape index (κ1) is 17.2. The maximum absolute atomic E-state index is 10.9. The molecular weight excluding hydrogens is 326 g/mol. The summed E-state index contributed by atoms with van der Waals surface area (Å²) < 4.78 is 5.08. The van der Waals surface area contributed by atoms with E-state index in [0.29, 0.717) is 4.48 Å². The molecule has 0 bridgehead atoms. The lowest BCUT2D eigenvalue weighted by molar-refractivity contribution is -0.787. The molecule has 4 aliphatic rings. The number of allylic oxidation sites excluding steroid dienone is 3. The Kier molecular flexibility index (Phi) is 4.11. The van der Waals surface area contributed by atoms with Crippen molar-refractivity contribution in [3.8, 4) is 0 Å². The molecule has 1 aliphatic carbocycles. The van der Waals surface area contributed by atoms with Gasteiger partial charge in [-0.1, -0.05) is 24.3 Å². The Labute approximate surface area is 154 Å². The van der Waals surface area contributed by atoms with E-state index in [1.807, 2.05) is 12.2 Å². The zero-order chi connectivity index (χ0) is 18.4. The number of nitrogens with zero attached hydrogens (tertiary/aromatic N) is 4. The molecule has 0 aromatic rings. The van der Waals surface area contributed by atoms with Crippen molar-refractivity contribution in [3.05, 3.63) is 41.3 Å². The van der Waals surface area contributed by atoms with E-state index in [0.717, 1.165) is 61.7 Å². The number of piperazine rings is 1. The Morgan fingerprint density at radius 1 is 1.42 bits per heavy atom. The van der Waals surface area contributed by atoms with Crippen molar-refractivity contribution in [1.82, 2.24) is 9.57 Å². The lowest BCUT2D eigenvalue weighted by Crippen LogP contribution is -2.63. The number of fused-ring (bicyclic) bond motifs is 1. The molecular formula is C20H27N5O+2. The number of nitrogens with two attached hydrogens (primary N) is 1. The Balaban J connectivity index is 1.57. The van der Waals surface area contributed by atoms with Gasteiger partial charge in [-0.15, -0.1) is 0 Å².